The van der Waals surface area contributed by atoms with Crippen molar-refractivity contribution in [2.24, 2.45) is 5.92 Å². The van der Waals surface area contributed by atoms with E-state index < -0.39 is 22.6 Å². The molecule has 0 saturated carbocycles. The largest absolute Gasteiger partial charge is 0.366 e. The van der Waals surface area contributed by atoms with E-state index in [9.17, 15) is 23.7 Å². The second-order valence-corrected chi connectivity index (χ2v) is 6.90. The van der Waals surface area contributed by atoms with Gasteiger partial charge in [-0.05, 0) is 31.9 Å². The minimum absolute atomic E-state index is 0.0470. The van der Waals surface area contributed by atoms with Crippen LogP contribution in [0.5, 0.6) is 0 Å². The molecule has 1 fully saturated rings. The molecule has 1 aliphatic heterocycles. The number of nitro benzene ring substituents is 1. The number of rotatable bonds is 5. The summed E-state index contributed by atoms with van der Waals surface area (Å²) in [7, 11) is 0. The van der Waals surface area contributed by atoms with Gasteiger partial charge in [-0.1, -0.05) is 18.2 Å². The van der Waals surface area contributed by atoms with Crippen molar-refractivity contribution in [3.63, 3.8) is 0 Å². The highest BCUT2D eigenvalue weighted by atomic mass is 19.1. The summed E-state index contributed by atoms with van der Waals surface area (Å²) in [6.07, 6.45) is 1.08. The fourth-order valence-electron chi connectivity index (χ4n) is 3.53. The van der Waals surface area contributed by atoms with E-state index in [1.54, 1.807) is 25.1 Å². The Hall–Kier alpha value is -3.03. The smallest absolute Gasteiger partial charge is 0.292 e. The first-order chi connectivity index (χ1) is 13.4. The summed E-state index contributed by atoms with van der Waals surface area (Å²) in [5.74, 6) is -1.82. The van der Waals surface area contributed by atoms with Gasteiger partial charge in [0, 0.05) is 36.7 Å². The van der Waals surface area contributed by atoms with E-state index in [-0.39, 0.29) is 23.1 Å². The van der Waals surface area contributed by atoms with Crippen LogP contribution in [0.25, 0.3) is 0 Å². The molecule has 148 valence electrons. The van der Waals surface area contributed by atoms with Crippen molar-refractivity contribution in [1.29, 1.82) is 0 Å². The molecule has 1 aliphatic rings. The number of carbonyl (C=O) groups is 1. The number of para-hydroxylation sites is 2. The van der Waals surface area contributed by atoms with Gasteiger partial charge >= 0.3 is 0 Å². The lowest BCUT2D eigenvalue weighted by Gasteiger charge is -2.33. The van der Waals surface area contributed by atoms with E-state index >= 15 is 0 Å². The van der Waals surface area contributed by atoms with Gasteiger partial charge in [0.15, 0.2) is 0 Å². The van der Waals surface area contributed by atoms with E-state index in [1.165, 1.54) is 12.1 Å². The fraction of sp³-hybridized carbons (Fsp3) is 0.350. The number of anilines is 1. The summed E-state index contributed by atoms with van der Waals surface area (Å²) in [5, 5.41) is 14.0. The Labute approximate surface area is 161 Å². The van der Waals surface area contributed by atoms with Crippen LogP contribution in [0.3, 0.4) is 0 Å². The first-order valence-electron chi connectivity index (χ1n) is 9.10. The molecule has 0 bridgehead atoms. The first-order valence-corrected chi connectivity index (χ1v) is 9.10. The maximum atomic E-state index is 13.9. The van der Waals surface area contributed by atoms with Gasteiger partial charge in [0.05, 0.1) is 11.0 Å². The van der Waals surface area contributed by atoms with Crippen LogP contribution in [0.15, 0.2) is 42.5 Å². The van der Waals surface area contributed by atoms with Crippen LogP contribution >= 0.6 is 0 Å². The van der Waals surface area contributed by atoms with E-state index in [4.69, 9.17) is 0 Å². The Morgan fingerprint density at radius 2 is 1.89 bits per heavy atom. The highest BCUT2D eigenvalue weighted by molar-refractivity contribution is 5.79. The fourth-order valence-corrected chi connectivity index (χ4v) is 3.53. The van der Waals surface area contributed by atoms with Crippen LogP contribution < -0.4 is 10.2 Å². The Balaban J connectivity index is 1.60. The summed E-state index contributed by atoms with van der Waals surface area (Å²) in [6.45, 7) is 2.68. The predicted octanol–water partition coefficient (Wildman–Crippen LogP) is 3.97. The molecule has 0 aliphatic carbocycles. The predicted molar refractivity (Wildman–Crippen MR) is 101 cm³/mol. The quantitative estimate of drug-likeness (QED) is 0.620. The van der Waals surface area contributed by atoms with E-state index in [0.29, 0.717) is 31.6 Å². The van der Waals surface area contributed by atoms with Crippen molar-refractivity contribution in [1.82, 2.24) is 5.32 Å². The van der Waals surface area contributed by atoms with Gasteiger partial charge in [-0.2, -0.15) is 0 Å². The molecule has 0 radical (unpaired) electrons. The summed E-state index contributed by atoms with van der Waals surface area (Å²) in [6, 6.07) is 9.24. The maximum Gasteiger partial charge on any atom is 0.292 e. The standard InChI is InChI=1S/C20H21F2N3O3/c1-13(16-7-6-15(21)12-17(16)22)23-20(26)14-8-10-24(11-9-14)18-4-2-3-5-19(18)25(27)28/h2-7,12-14H,8-11H2,1H3,(H,23,26). The van der Waals surface area contributed by atoms with E-state index in [1.807, 2.05) is 4.90 Å². The van der Waals surface area contributed by atoms with Crippen LogP contribution in [-0.4, -0.2) is 23.9 Å². The molecule has 2 aromatic carbocycles. The van der Waals surface area contributed by atoms with Crippen molar-refractivity contribution in [3.8, 4) is 0 Å². The van der Waals surface area contributed by atoms with Gasteiger partial charge in [-0.3, -0.25) is 14.9 Å². The lowest BCUT2D eigenvalue weighted by atomic mass is 9.94. The molecule has 1 atom stereocenters. The SMILES string of the molecule is CC(NC(=O)C1CCN(c2ccccc2[N+](=O)[O-])CC1)c1ccc(F)cc1F. The molecule has 1 saturated heterocycles. The summed E-state index contributed by atoms with van der Waals surface area (Å²) >= 11 is 0. The number of hydrogen-bond donors (Lipinski definition) is 1. The molecule has 1 amide bonds. The number of benzene rings is 2. The van der Waals surface area contributed by atoms with Gasteiger partial charge in [-0.15, -0.1) is 0 Å². The molecule has 1 heterocycles. The molecule has 28 heavy (non-hydrogen) atoms. The highest BCUT2D eigenvalue weighted by Gasteiger charge is 2.29. The van der Waals surface area contributed by atoms with Crippen molar-refractivity contribution in [2.75, 3.05) is 18.0 Å². The number of nitrogens with zero attached hydrogens (tertiary/aromatic N) is 2. The Morgan fingerprint density at radius 1 is 1.21 bits per heavy atom. The molecule has 6 nitrogen and oxygen atoms in total. The normalized spacial score (nSPS) is 15.9. The molecule has 8 heteroatoms. The topological polar surface area (TPSA) is 75.5 Å². The molecule has 0 spiro atoms. The number of piperidine rings is 1. The minimum Gasteiger partial charge on any atom is -0.366 e. The number of carbonyl (C=O) groups excluding carboxylic acids is 1. The van der Waals surface area contributed by atoms with Crippen molar-refractivity contribution in [2.45, 2.75) is 25.8 Å². The second-order valence-electron chi connectivity index (χ2n) is 6.90. The average Bonchev–Trinajstić information content (AvgIpc) is 2.68. The Bertz CT molecular complexity index is 883. The first kappa shape index (κ1) is 19.7. The second kappa shape index (κ2) is 8.33. The number of nitro groups is 1. The Morgan fingerprint density at radius 3 is 2.54 bits per heavy atom. The lowest BCUT2D eigenvalue weighted by Crippen LogP contribution is -2.41. The van der Waals surface area contributed by atoms with Gasteiger partial charge < -0.3 is 10.2 Å². The summed E-state index contributed by atoms with van der Waals surface area (Å²) in [5.41, 5.74) is 0.825. The maximum absolute atomic E-state index is 13.9. The molecular formula is C20H21F2N3O3. The summed E-state index contributed by atoms with van der Waals surface area (Å²) in [4.78, 5) is 25.2. The zero-order chi connectivity index (χ0) is 20.3. The number of halogens is 2. The van der Waals surface area contributed by atoms with Crippen molar-refractivity contribution >= 4 is 17.3 Å². The van der Waals surface area contributed by atoms with Crippen molar-refractivity contribution in [3.05, 3.63) is 69.8 Å². The molecular weight excluding hydrogens is 368 g/mol. The van der Waals surface area contributed by atoms with E-state index in [0.717, 1.165) is 12.1 Å². The van der Waals surface area contributed by atoms with Crippen LogP contribution in [0.4, 0.5) is 20.2 Å². The van der Waals surface area contributed by atoms with Crippen LogP contribution in [0.2, 0.25) is 0 Å². The van der Waals surface area contributed by atoms with Crippen molar-refractivity contribution < 1.29 is 18.5 Å². The molecule has 2 aromatic rings. The molecule has 3 rings (SSSR count). The van der Waals surface area contributed by atoms with Crippen LogP contribution in [0, 0.1) is 27.7 Å². The highest BCUT2D eigenvalue weighted by Crippen LogP contribution is 2.31. The monoisotopic (exact) mass is 389 g/mol. The van der Waals surface area contributed by atoms with Crippen LogP contribution in [0.1, 0.15) is 31.4 Å². The summed E-state index contributed by atoms with van der Waals surface area (Å²) < 4.78 is 26.9. The van der Waals surface area contributed by atoms with Gasteiger partial charge in [0.25, 0.3) is 5.69 Å². The van der Waals surface area contributed by atoms with Gasteiger partial charge in [0.1, 0.15) is 17.3 Å². The zero-order valence-electron chi connectivity index (χ0n) is 15.4. The van der Waals surface area contributed by atoms with E-state index in [2.05, 4.69) is 5.32 Å². The Kier molecular flexibility index (Phi) is 5.87. The molecule has 1 N–H and O–H groups in total. The number of amides is 1. The number of nitrogens with one attached hydrogen (secondary N) is 1. The minimum atomic E-state index is -0.695. The molecule has 0 aromatic heterocycles. The van der Waals surface area contributed by atoms with Gasteiger partial charge in [-0.25, -0.2) is 8.78 Å². The number of hydrogen-bond acceptors (Lipinski definition) is 4. The third kappa shape index (κ3) is 4.27. The van der Waals surface area contributed by atoms with Gasteiger partial charge in [0.2, 0.25) is 5.91 Å². The third-order valence-corrected chi connectivity index (χ3v) is 5.07. The average molecular weight is 389 g/mol. The molecule has 1 unspecified atom stereocenters. The third-order valence-electron chi connectivity index (χ3n) is 5.07. The lowest BCUT2D eigenvalue weighted by molar-refractivity contribution is -0.384. The van der Waals surface area contributed by atoms with Crippen LogP contribution in [-0.2, 0) is 4.79 Å². The zero-order valence-corrected chi connectivity index (χ0v) is 15.4.